The van der Waals surface area contributed by atoms with Gasteiger partial charge < -0.3 is 14.6 Å². The van der Waals surface area contributed by atoms with E-state index in [0.29, 0.717) is 0 Å². The van der Waals surface area contributed by atoms with Gasteiger partial charge >= 0.3 is 0 Å². The second kappa shape index (κ2) is 5.40. The van der Waals surface area contributed by atoms with Crippen LogP contribution >= 0.6 is 0 Å². The molecule has 0 aliphatic heterocycles. The van der Waals surface area contributed by atoms with Crippen molar-refractivity contribution in [3.8, 4) is 5.75 Å². The van der Waals surface area contributed by atoms with Gasteiger partial charge in [0.25, 0.3) is 0 Å². The van der Waals surface area contributed by atoms with Crippen LogP contribution in [0.25, 0.3) is 0 Å². The fourth-order valence-electron chi connectivity index (χ4n) is 1.74. The molecular weight excluding hydrogens is 226 g/mol. The smallest absolute Gasteiger partial charge is 0.207 e. The van der Waals surface area contributed by atoms with Crippen molar-refractivity contribution < 1.29 is 4.74 Å². The van der Waals surface area contributed by atoms with Crippen molar-refractivity contribution in [1.29, 1.82) is 0 Å². The fraction of sp³-hybridized carbons (Fsp3) is 0.214. The standard InChI is InChI=1S/C14H17N3O/c1-4-8-17-9-7-15-14(17)16-13-6-5-12(18-3)10-11(13)2/h4-7,9-10H,1,8H2,2-3H3,(H,15,16). The molecular formula is C14H17N3O. The van der Waals surface area contributed by atoms with Gasteiger partial charge in [-0.3, -0.25) is 0 Å². The van der Waals surface area contributed by atoms with Gasteiger partial charge in [0.05, 0.1) is 7.11 Å². The molecule has 0 bridgehead atoms. The number of methoxy groups -OCH3 is 1. The minimum absolute atomic E-state index is 0.734. The fourth-order valence-corrected chi connectivity index (χ4v) is 1.74. The second-order valence-corrected chi connectivity index (χ2v) is 4.00. The Morgan fingerprint density at radius 1 is 1.50 bits per heavy atom. The lowest BCUT2D eigenvalue weighted by Crippen LogP contribution is -2.03. The highest BCUT2D eigenvalue weighted by Gasteiger charge is 2.05. The summed E-state index contributed by atoms with van der Waals surface area (Å²) in [6, 6.07) is 5.90. The van der Waals surface area contributed by atoms with Crippen LogP contribution in [0.1, 0.15) is 5.56 Å². The van der Waals surface area contributed by atoms with E-state index in [2.05, 4.69) is 16.9 Å². The van der Waals surface area contributed by atoms with Gasteiger partial charge in [-0.05, 0) is 30.7 Å². The van der Waals surface area contributed by atoms with Crippen molar-refractivity contribution in [2.24, 2.45) is 0 Å². The van der Waals surface area contributed by atoms with Crippen LogP contribution in [-0.2, 0) is 6.54 Å². The minimum atomic E-state index is 0.734. The third kappa shape index (κ3) is 2.53. The number of imidazole rings is 1. The molecule has 0 saturated carbocycles. The number of aromatic nitrogens is 2. The van der Waals surface area contributed by atoms with Crippen LogP contribution in [0.5, 0.6) is 5.75 Å². The van der Waals surface area contributed by atoms with E-state index in [0.717, 1.165) is 29.5 Å². The Hall–Kier alpha value is -2.23. The van der Waals surface area contributed by atoms with E-state index in [1.54, 1.807) is 13.3 Å². The third-order valence-electron chi connectivity index (χ3n) is 2.72. The zero-order valence-corrected chi connectivity index (χ0v) is 10.7. The van der Waals surface area contributed by atoms with Gasteiger partial charge in [0.2, 0.25) is 5.95 Å². The van der Waals surface area contributed by atoms with Gasteiger partial charge in [0.15, 0.2) is 0 Å². The highest BCUT2D eigenvalue weighted by atomic mass is 16.5. The third-order valence-corrected chi connectivity index (χ3v) is 2.72. The molecule has 1 N–H and O–H groups in total. The number of hydrogen-bond acceptors (Lipinski definition) is 3. The number of allylic oxidation sites excluding steroid dienone is 1. The topological polar surface area (TPSA) is 39.1 Å². The van der Waals surface area contributed by atoms with Crippen LogP contribution in [0.4, 0.5) is 11.6 Å². The van der Waals surface area contributed by atoms with Gasteiger partial charge in [-0.1, -0.05) is 6.08 Å². The summed E-state index contributed by atoms with van der Waals surface area (Å²) in [5, 5.41) is 3.31. The summed E-state index contributed by atoms with van der Waals surface area (Å²) in [5.41, 5.74) is 2.13. The lowest BCUT2D eigenvalue weighted by molar-refractivity contribution is 0.414. The average Bonchev–Trinajstić information content (AvgIpc) is 2.80. The molecule has 0 aliphatic carbocycles. The summed E-state index contributed by atoms with van der Waals surface area (Å²) < 4.78 is 7.18. The normalized spacial score (nSPS) is 10.1. The Morgan fingerprint density at radius 3 is 3.00 bits per heavy atom. The predicted octanol–water partition coefficient (Wildman–Crippen LogP) is 3.13. The van der Waals surface area contributed by atoms with E-state index in [-0.39, 0.29) is 0 Å². The molecule has 1 aromatic heterocycles. The maximum absolute atomic E-state index is 5.19. The first-order valence-corrected chi connectivity index (χ1v) is 5.78. The van der Waals surface area contributed by atoms with Crippen molar-refractivity contribution in [2.75, 3.05) is 12.4 Å². The first-order valence-electron chi connectivity index (χ1n) is 5.78. The number of aryl methyl sites for hydroxylation is 1. The van der Waals surface area contributed by atoms with Crippen molar-refractivity contribution in [3.63, 3.8) is 0 Å². The largest absolute Gasteiger partial charge is 0.497 e. The summed E-state index contributed by atoms with van der Waals surface area (Å²) in [4.78, 5) is 4.29. The van der Waals surface area contributed by atoms with Crippen LogP contribution in [0, 0.1) is 6.92 Å². The molecule has 18 heavy (non-hydrogen) atoms. The molecule has 0 unspecified atom stereocenters. The maximum Gasteiger partial charge on any atom is 0.207 e. The lowest BCUT2D eigenvalue weighted by atomic mass is 10.2. The van der Waals surface area contributed by atoms with E-state index in [1.807, 2.05) is 42.0 Å². The summed E-state index contributed by atoms with van der Waals surface area (Å²) in [6.45, 7) is 6.50. The van der Waals surface area contributed by atoms with E-state index in [4.69, 9.17) is 4.74 Å². The maximum atomic E-state index is 5.19. The summed E-state index contributed by atoms with van der Waals surface area (Å²) in [7, 11) is 1.67. The number of nitrogens with one attached hydrogen (secondary N) is 1. The van der Waals surface area contributed by atoms with Crippen LogP contribution in [0.3, 0.4) is 0 Å². The SMILES string of the molecule is C=CCn1ccnc1Nc1ccc(OC)cc1C. The highest BCUT2D eigenvalue weighted by Crippen LogP contribution is 2.23. The number of nitrogens with zero attached hydrogens (tertiary/aromatic N) is 2. The molecule has 4 nitrogen and oxygen atoms in total. The van der Waals surface area contributed by atoms with Gasteiger partial charge in [0, 0.05) is 24.6 Å². The summed E-state index contributed by atoms with van der Waals surface area (Å²) >= 11 is 0. The molecule has 0 atom stereocenters. The predicted molar refractivity (Wildman–Crippen MR) is 73.4 cm³/mol. The first-order chi connectivity index (χ1) is 8.74. The zero-order valence-electron chi connectivity index (χ0n) is 10.7. The Bertz CT molecular complexity index is 546. The zero-order chi connectivity index (χ0) is 13.0. The van der Waals surface area contributed by atoms with Gasteiger partial charge in [-0.15, -0.1) is 6.58 Å². The van der Waals surface area contributed by atoms with Gasteiger partial charge in [-0.25, -0.2) is 4.98 Å². The van der Waals surface area contributed by atoms with E-state index in [9.17, 15) is 0 Å². The number of benzene rings is 1. The highest BCUT2D eigenvalue weighted by molar-refractivity contribution is 5.60. The second-order valence-electron chi connectivity index (χ2n) is 4.00. The number of anilines is 2. The Kier molecular flexibility index (Phi) is 3.67. The molecule has 0 radical (unpaired) electrons. The molecule has 0 aliphatic rings. The molecule has 0 spiro atoms. The number of ether oxygens (including phenoxy) is 1. The van der Waals surface area contributed by atoms with E-state index in [1.165, 1.54) is 0 Å². The number of hydrogen-bond donors (Lipinski definition) is 1. The Balaban J connectivity index is 2.23. The molecule has 1 heterocycles. The van der Waals surface area contributed by atoms with Gasteiger partial charge in [0.1, 0.15) is 5.75 Å². The molecule has 2 rings (SSSR count). The van der Waals surface area contributed by atoms with E-state index < -0.39 is 0 Å². The number of rotatable bonds is 5. The van der Waals surface area contributed by atoms with Gasteiger partial charge in [-0.2, -0.15) is 0 Å². The molecule has 2 aromatic rings. The van der Waals surface area contributed by atoms with Crippen molar-refractivity contribution in [3.05, 3.63) is 48.8 Å². The van der Waals surface area contributed by atoms with Crippen molar-refractivity contribution in [1.82, 2.24) is 9.55 Å². The summed E-state index contributed by atoms with van der Waals surface area (Å²) in [5.74, 6) is 1.66. The molecule has 1 aromatic carbocycles. The lowest BCUT2D eigenvalue weighted by Gasteiger charge is -2.11. The van der Waals surface area contributed by atoms with Crippen molar-refractivity contribution in [2.45, 2.75) is 13.5 Å². The molecule has 4 heteroatoms. The van der Waals surface area contributed by atoms with Crippen LogP contribution in [0.15, 0.2) is 43.2 Å². The molecule has 0 saturated heterocycles. The van der Waals surface area contributed by atoms with Crippen molar-refractivity contribution >= 4 is 11.6 Å². The Labute approximate surface area is 107 Å². The summed E-state index contributed by atoms with van der Waals surface area (Å²) in [6.07, 6.45) is 5.53. The van der Waals surface area contributed by atoms with E-state index >= 15 is 0 Å². The Morgan fingerprint density at radius 2 is 2.33 bits per heavy atom. The molecule has 0 fully saturated rings. The van der Waals surface area contributed by atoms with Crippen LogP contribution in [0.2, 0.25) is 0 Å². The monoisotopic (exact) mass is 243 g/mol. The first kappa shape index (κ1) is 12.2. The molecule has 94 valence electrons. The average molecular weight is 243 g/mol. The minimum Gasteiger partial charge on any atom is -0.497 e. The van der Waals surface area contributed by atoms with Crippen LogP contribution < -0.4 is 10.1 Å². The molecule has 0 amide bonds. The quantitative estimate of drug-likeness (QED) is 0.820. The van der Waals surface area contributed by atoms with Crippen LogP contribution in [-0.4, -0.2) is 16.7 Å².